The van der Waals surface area contributed by atoms with Crippen LogP contribution in [-0.4, -0.2) is 53.3 Å². The lowest BCUT2D eigenvalue weighted by Crippen LogP contribution is -2.49. The van der Waals surface area contributed by atoms with Gasteiger partial charge in [-0.25, -0.2) is 4.79 Å². The summed E-state index contributed by atoms with van der Waals surface area (Å²) in [5.74, 6) is 0.0679. The van der Waals surface area contributed by atoms with Crippen LogP contribution in [0.15, 0.2) is 46.9 Å². The number of anilines is 1. The van der Waals surface area contributed by atoms with Crippen molar-refractivity contribution in [2.45, 2.75) is 12.8 Å². The Labute approximate surface area is 170 Å². The van der Waals surface area contributed by atoms with E-state index in [0.29, 0.717) is 43.8 Å². The highest BCUT2D eigenvalue weighted by atomic mass is 19.3. The number of rotatable bonds is 3. The number of para-hydroxylation sites is 2. The zero-order chi connectivity index (χ0) is 20.7. The average molecular weight is 416 g/mol. The molecule has 8 nitrogen and oxygen atoms in total. The van der Waals surface area contributed by atoms with Crippen LogP contribution in [-0.2, 0) is 6.54 Å². The molecule has 5 rings (SSSR count). The summed E-state index contributed by atoms with van der Waals surface area (Å²) < 4.78 is 40.7. The summed E-state index contributed by atoms with van der Waals surface area (Å²) in [5, 5.41) is 2.69. The third-order valence-corrected chi connectivity index (χ3v) is 5.04. The predicted molar refractivity (Wildman–Crippen MR) is 103 cm³/mol. The predicted octanol–water partition coefficient (Wildman–Crippen LogP) is 3.50. The summed E-state index contributed by atoms with van der Waals surface area (Å²) in [6.07, 6.45) is -3.62. The molecule has 0 spiro atoms. The average Bonchev–Trinajstić information content (AvgIpc) is 3.26. The molecular formula is C20H18F2N4O4. The fraction of sp³-hybridized carbons (Fsp3) is 0.300. The number of nitrogens with one attached hydrogen (secondary N) is 1. The molecule has 10 heteroatoms. The van der Waals surface area contributed by atoms with Gasteiger partial charge in [0.1, 0.15) is 5.52 Å². The minimum atomic E-state index is -3.62. The Bertz CT molecular complexity index is 1060. The van der Waals surface area contributed by atoms with Gasteiger partial charge >= 0.3 is 18.3 Å². The van der Waals surface area contributed by atoms with Crippen LogP contribution < -0.4 is 14.8 Å². The van der Waals surface area contributed by atoms with Crippen LogP contribution in [0.2, 0.25) is 0 Å². The van der Waals surface area contributed by atoms with E-state index in [4.69, 9.17) is 4.42 Å². The number of halogens is 2. The number of carbonyl (C=O) groups excluding carboxylic acids is 1. The zero-order valence-corrected chi connectivity index (χ0v) is 15.8. The third kappa shape index (κ3) is 3.73. The van der Waals surface area contributed by atoms with Crippen molar-refractivity contribution in [2.75, 3.05) is 31.5 Å². The number of piperazine rings is 1. The van der Waals surface area contributed by atoms with Crippen LogP contribution in [0.5, 0.6) is 11.5 Å². The van der Waals surface area contributed by atoms with Gasteiger partial charge in [-0.1, -0.05) is 18.2 Å². The lowest BCUT2D eigenvalue weighted by atomic mass is 10.1. The molecule has 1 aromatic heterocycles. The molecule has 2 aliphatic heterocycles. The Morgan fingerprint density at radius 3 is 2.63 bits per heavy atom. The summed E-state index contributed by atoms with van der Waals surface area (Å²) >= 11 is 0. The molecule has 2 aromatic carbocycles. The number of aromatic nitrogens is 1. The number of oxazole rings is 1. The number of fused-ring (bicyclic) bond motifs is 2. The van der Waals surface area contributed by atoms with E-state index in [2.05, 4.69) is 24.7 Å². The monoisotopic (exact) mass is 416 g/mol. The summed E-state index contributed by atoms with van der Waals surface area (Å²) in [4.78, 5) is 20.6. The molecule has 1 N–H and O–H groups in total. The van der Waals surface area contributed by atoms with Gasteiger partial charge in [0.2, 0.25) is 0 Å². The van der Waals surface area contributed by atoms with Gasteiger partial charge in [0.25, 0.3) is 0 Å². The number of benzene rings is 2. The van der Waals surface area contributed by atoms with E-state index in [1.165, 1.54) is 6.07 Å². The van der Waals surface area contributed by atoms with E-state index in [1.807, 2.05) is 18.2 Å². The maximum absolute atomic E-state index is 13.2. The van der Waals surface area contributed by atoms with Gasteiger partial charge in [-0.3, -0.25) is 10.2 Å². The molecule has 156 valence electrons. The molecule has 0 bridgehead atoms. The molecular weight excluding hydrogens is 398 g/mol. The van der Waals surface area contributed by atoms with Crippen molar-refractivity contribution >= 4 is 23.1 Å². The number of amides is 2. The molecule has 0 saturated carbocycles. The minimum absolute atomic E-state index is 0.0319. The van der Waals surface area contributed by atoms with Gasteiger partial charge in [-0.05, 0) is 29.8 Å². The van der Waals surface area contributed by atoms with E-state index < -0.39 is 6.29 Å². The normalized spacial score (nSPS) is 18.0. The van der Waals surface area contributed by atoms with Crippen LogP contribution in [0, 0.1) is 0 Å². The summed E-state index contributed by atoms with van der Waals surface area (Å²) in [6, 6.07) is 11.9. The number of hydrogen-bond acceptors (Lipinski definition) is 6. The maximum atomic E-state index is 13.2. The van der Waals surface area contributed by atoms with Gasteiger partial charge in [0.05, 0.1) is 0 Å². The first kappa shape index (κ1) is 18.6. The number of carbonyl (C=O) groups is 1. The molecule has 3 heterocycles. The Kier molecular flexibility index (Phi) is 4.43. The fourth-order valence-electron chi connectivity index (χ4n) is 3.56. The topological polar surface area (TPSA) is 80.1 Å². The van der Waals surface area contributed by atoms with E-state index in [0.717, 1.165) is 5.56 Å². The van der Waals surface area contributed by atoms with Crippen LogP contribution in [0.4, 0.5) is 19.6 Å². The molecule has 3 aromatic rings. The summed E-state index contributed by atoms with van der Waals surface area (Å²) in [6.45, 7) is 2.89. The third-order valence-electron chi connectivity index (χ3n) is 5.04. The van der Waals surface area contributed by atoms with Gasteiger partial charge in [-0.15, -0.1) is 8.78 Å². The first-order valence-corrected chi connectivity index (χ1v) is 9.48. The molecule has 2 aliphatic rings. The summed E-state index contributed by atoms with van der Waals surface area (Å²) in [7, 11) is 0. The van der Waals surface area contributed by atoms with E-state index in [1.54, 1.807) is 23.1 Å². The molecule has 0 aliphatic carbocycles. The highest BCUT2D eigenvalue weighted by Crippen LogP contribution is 2.41. The quantitative estimate of drug-likeness (QED) is 0.704. The van der Waals surface area contributed by atoms with Gasteiger partial charge in [0.15, 0.2) is 17.1 Å². The molecule has 1 saturated heterocycles. The summed E-state index contributed by atoms with van der Waals surface area (Å²) in [5.41, 5.74) is 2.12. The minimum Gasteiger partial charge on any atom is -0.423 e. The lowest BCUT2D eigenvalue weighted by Gasteiger charge is -2.34. The SMILES string of the molecule is O=C(Nc1nc2ccccc2o1)N1CCN(Cc2ccc3c(c2)OC(F)(F)O3)CC1. The van der Waals surface area contributed by atoms with Crippen molar-refractivity contribution in [2.24, 2.45) is 0 Å². The fourth-order valence-corrected chi connectivity index (χ4v) is 3.56. The molecule has 0 unspecified atom stereocenters. The Hall–Kier alpha value is -3.40. The smallest absolute Gasteiger partial charge is 0.423 e. The van der Waals surface area contributed by atoms with E-state index in [9.17, 15) is 13.6 Å². The molecule has 2 amide bonds. The number of ether oxygens (including phenoxy) is 2. The first-order valence-electron chi connectivity index (χ1n) is 9.48. The first-order chi connectivity index (χ1) is 14.4. The second-order valence-corrected chi connectivity index (χ2v) is 7.13. The second kappa shape index (κ2) is 7.13. The number of alkyl halides is 2. The van der Waals surface area contributed by atoms with Crippen LogP contribution >= 0.6 is 0 Å². The number of hydrogen-bond donors (Lipinski definition) is 1. The molecule has 1 fully saturated rings. The Morgan fingerprint density at radius 1 is 1.07 bits per heavy atom. The number of urea groups is 1. The molecule has 0 radical (unpaired) electrons. The van der Waals surface area contributed by atoms with Crippen molar-refractivity contribution in [3.05, 3.63) is 48.0 Å². The Balaban J connectivity index is 1.15. The van der Waals surface area contributed by atoms with Crippen LogP contribution in [0.1, 0.15) is 5.56 Å². The van der Waals surface area contributed by atoms with Crippen LogP contribution in [0.3, 0.4) is 0 Å². The largest absolute Gasteiger partial charge is 0.586 e. The molecule has 0 atom stereocenters. The highest BCUT2D eigenvalue weighted by Gasteiger charge is 2.43. The lowest BCUT2D eigenvalue weighted by molar-refractivity contribution is -0.286. The standard InChI is InChI=1S/C20H18F2N4O4/c21-20(22)29-16-6-5-13(11-17(16)30-20)12-25-7-9-26(10-8-25)19(27)24-18-23-14-3-1-2-4-15(14)28-18/h1-6,11H,7-10,12H2,(H,23,24,27). The van der Waals surface area contributed by atoms with E-state index >= 15 is 0 Å². The van der Waals surface area contributed by atoms with Crippen molar-refractivity contribution in [3.63, 3.8) is 0 Å². The number of nitrogens with zero attached hydrogens (tertiary/aromatic N) is 3. The Morgan fingerprint density at radius 2 is 1.83 bits per heavy atom. The van der Waals surface area contributed by atoms with Crippen molar-refractivity contribution < 1.29 is 27.5 Å². The van der Waals surface area contributed by atoms with Gasteiger partial charge in [-0.2, -0.15) is 4.98 Å². The van der Waals surface area contributed by atoms with E-state index in [-0.39, 0.29) is 23.5 Å². The molecule has 30 heavy (non-hydrogen) atoms. The zero-order valence-electron chi connectivity index (χ0n) is 15.8. The van der Waals surface area contributed by atoms with Gasteiger partial charge in [0, 0.05) is 32.7 Å². The van der Waals surface area contributed by atoms with Gasteiger partial charge < -0.3 is 18.8 Å². The second-order valence-electron chi connectivity index (χ2n) is 7.13. The van der Waals surface area contributed by atoms with Crippen LogP contribution in [0.25, 0.3) is 11.1 Å². The maximum Gasteiger partial charge on any atom is 0.586 e. The van der Waals surface area contributed by atoms with Crippen molar-refractivity contribution in [1.29, 1.82) is 0 Å². The van der Waals surface area contributed by atoms with Crippen molar-refractivity contribution in [1.82, 2.24) is 14.8 Å². The highest BCUT2D eigenvalue weighted by molar-refractivity contribution is 5.88. The van der Waals surface area contributed by atoms with Crippen molar-refractivity contribution in [3.8, 4) is 11.5 Å².